The third-order valence-corrected chi connectivity index (χ3v) is 4.78. The zero-order valence-corrected chi connectivity index (χ0v) is 11.3. The standard InChI is InChI=1S/C13H15N3Si/c1-17(2,3)13-12-9-8-10-6-4-5-7-11(10)16(12)15-14-13/h4-9H,1-3H3. The van der Waals surface area contributed by atoms with Crippen LogP contribution in [0.5, 0.6) is 0 Å². The molecule has 3 aromatic rings. The second kappa shape index (κ2) is 3.40. The number of pyridine rings is 1. The molecule has 0 bridgehead atoms. The number of rotatable bonds is 1. The Morgan fingerprint density at radius 1 is 0.941 bits per heavy atom. The Hall–Kier alpha value is -1.68. The Kier molecular flexibility index (Phi) is 2.10. The fourth-order valence-electron chi connectivity index (χ4n) is 2.14. The summed E-state index contributed by atoms with van der Waals surface area (Å²) in [5.41, 5.74) is 2.28. The van der Waals surface area contributed by atoms with Crippen molar-refractivity contribution in [3.05, 3.63) is 36.4 Å². The van der Waals surface area contributed by atoms with Crippen molar-refractivity contribution in [2.75, 3.05) is 0 Å². The van der Waals surface area contributed by atoms with Crippen LogP contribution < -0.4 is 5.32 Å². The summed E-state index contributed by atoms with van der Waals surface area (Å²) in [6, 6.07) is 12.6. The molecule has 0 saturated heterocycles. The largest absolute Gasteiger partial charge is 0.213 e. The zero-order chi connectivity index (χ0) is 12.0. The smallest absolute Gasteiger partial charge is 0.107 e. The maximum atomic E-state index is 4.39. The van der Waals surface area contributed by atoms with E-state index in [0.717, 1.165) is 11.0 Å². The summed E-state index contributed by atoms with van der Waals surface area (Å²) in [5, 5.41) is 11.1. The van der Waals surface area contributed by atoms with E-state index in [1.807, 2.05) is 16.6 Å². The molecule has 2 aromatic heterocycles. The van der Waals surface area contributed by atoms with Gasteiger partial charge in [-0.1, -0.05) is 49.1 Å². The Balaban J connectivity index is 2.43. The Morgan fingerprint density at radius 2 is 1.71 bits per heavy atom. The molecule has 0 fully saturated rings. The molecule has 0 saturated carbocycles. The Labute approximate surface area is 101 Å². The van der Waals surface area contributed by atoms with Gasteiger partial charge in [-0.05, 0) is 12.1 Å². The molecule has 0 spiro atoms. The molecule has 3 nitrogen and oxygen atoms in total. The van der Waals surface area contributed by atoms with Crippen molar-refractivity contribution in [3.63, 3.8) is 0 Å². The van der Waals surface area contributed by atoms with Crippen LogP contribution in [0, 0.1) is 0 Å². The van der Waals surface area contributed by atoms with Gasteiger partial charge in [-0.25, -0.2) is 4.52 Å². The highest BCUT2D eigenvalue weighted by atomic mass is 28.3. The lowest BCUT2D eigenvalue weighted by atomic mass is 10.2. The van der Waals surface area contributed by atoms with Gasteiger partial charge < -0.3 is 0 Å². The SMILES string of the molecule is C[Si](C)(C)c1nnn2c1ccc1ccccc12. The van der Waals surface area contributed by atoms with Gasteiger partial charge in [-0.2, -0.15) is 0 Å². The highest BCUT2D eigenvalue weighted by Crippen LogP contribution is 2.16. The molecule has 86 valence electrons. The first-order chi connectivity index (χ1) is 8.07. The normalized spacial score (nSPS) is 12.4. The van der Waals surface area contributed by atoms with Crippen LogP contribution in [0.3, 0.4) is 0 Å². The molecule has 0 atom stereocenters. The molecule has 0 aliphatic heterocycles. The van der Waals surface area contributed by atoms with Crippen LogP contribution in [0.25, 0.3) is 16.4 Å². The van der Waals surface area contributed by atoms with E-state index in [1.54, 1.807) is 0 Å². The summed E-state index contributed by atoms with van der Waals surface area (Å²) < 4.78 is 1.96. The molecule has 3 rings (SSSR count). The molecule has 1 aromatic carbocycles. The highest BCUT2D eigenvalue weighted by molar-refractivity contribution is 6.89. The number of para-hydroxylation sites is 1. The van der Waals surface area contributed by atoms with E-state index < -0.39 is 8.07 Å². The molecular formula is C13H15N3Si. The van der Waals surface area contributed by atoms with Crippen molar-refractivity contribution in [1.29, 1.82) is 0 Å². The van der Waals surface area contributed by atoms with Crippen LogP contribution in [0.1, 0.15) is 0 Å². The van der Waals surface area contributed by atoms with Gasteiger partial charge in [-0.15, -0.1) is 5.10 Å². The molecule has 4 heteroatoms. The van der Waals surface area contributed by atoms with Crippen molar-refractivity contribution in [1.82, 2.24) is 14.8 Å². The van der Waals surface area contributed by atoms with Gasteiger partial charge in [0.2, 0.25) is 0 Å². The van der Waals surface area contributed by atoms with Crippen molar-refractivity contribution in [2.45, 2.75) is 19.6 Å². The minimum absolute atomic E-state index is 1.13. The lowest BCUT2D eigenvalue weighted by Gasteiger charge is -2.12. The zero-order valence-electron chi connectivity index (χ0n) is 10.3. The first kappa shape index (κ1) is 10.5. The molecule has 0 unspecified atom stereocenters. The summed E-state index contributed by atoms with van der Waals surface area (Å²) >= 11 is 0. The molecule has 17 heavy (non-hydrogen) atoms. The van der Waals surface area contributed by atoms with E-state index in [2.05, 4.69) is 54.2 Å². The number of aromatic nitrogens is 3. The van der Waals surface area contributed by atoms with E-state index in [1.165, 1.54) is 10.7 Å². The monoisotopic (exact) mass is 241 g/mol. The van der Waals surface area contributed by atoms with Crippen LogP contribution in [0.15, 0.2) is 36.4 Å². The number of nitrogens with zero attached hydrogens (tertiary/aromatic N) is 3. The van der Waals surface area contributed by atoms with E-state index in [0.29, 0.717) is 0 Å². The summed E-state index contributed by atoms with van der Waals surface area (Å²) in [7, 11) is -1.43. The number of hydrogen-bond acceptors (Lipinski definition) is 2. The fraction of sp³-hybridized carbons (Fsp3) is 0.231. The predicted octanol–water partition coefficient (Wildman–Crippen LogP) is 2.43. The van der Waals surface area contributed by atoms with Crippen molar-refractivity contribution < 1.29 is 0 Å². The highest BCUT2D eigenvalue weighted by Gasteiger charge is 2.23. The molecule has 0 aliphatic carbocycles. The second-order valence-corrected chi connectivity index (χ2v) is 10.4. The minimum atomic E-state index is -1.43. The molecule has 0 radical (unpaired) electrons. The molecule has 2 heterocycles. The first-order valence-electron chi connectivity index (χ1n) is 5.81. The lowest BCUT2D eigenvalue weighted by molar-refractivity contribution is 0.886. The third-order valence-electron chi connectivity index (χ3n) is 3.00. The van der Waals surface area contributed by atoms with Crippen LogP contribution >= 0.6 is 0 Å². The quantitative estimate of drug-likeness (QED) is 0.613. The Morgan fingerprint density at radius 3 is 2.47 bits per heavy atom. The van der Waals surface area contributed by atoms with Gasteiger partial charge in [-0.3, -0.25) is 0 Å². The third kappa shape index (κ3) is 1.56. The summed E-state index contributed by atoms with van der Waals surface area (Å²) in [5.74, 6) is 0. The van der Waals surface area contributed by atoms with Crippen LogP contribution in [-0.2, 0) is 0 Å². The number of fused-ring (bicyclic) bond motifs is 3. The van der Waals surface area contributed by atoms with E-state index in [9.17, 15) is 0 Å². The van der Waals surface area contributed by atoms with Gasteiger partial charge in [0.25, 0.3) is 0 Å². The van der Waals surface area contributed by atoms with Crippen molar-refractivity contribution in [3.8, 4) is 0 Å². The number of benzene rings is 1. The van der Waals surface area contributed by atoms with E-state index in [-0.39, 0.29) is 0 Å². The maximum Gasteiger partial charge on any atom is 0.107 e. The second-order valence-electron chi connectivity index (χ2n) is 5.38. The van der Waals surface area contributed by atoms with Gasteiger partial charge >= 0.3 is 0 Å². The summed E-state index contributed by atoms with van der Waals surface area (Å²) in [6.45, 7) is 6.89. The minimum Gasteiger partial charge on any atom is -0.213 e. The fourth-order valence-corrected chi connectivity index (χ4v) is 3.44. The topological polar surface area (TPSA) is 30.2 Å². The Bertz CT molecular complexity index is 695. The molecule has 0 N–H and O–H groups in total. The molecule has 0 amide bonds. The first-order valence-corrected chi connectivity index (χ1v) is 9.31. The van der Waals surface area contributed by atoms with E-state index >= 15 is 0 Å². The van der Waals surface area contributed by atoms with Crippen LogP contribution in [0.2, 0.25) is 19.6 Å². The summed E-state index contributed by atoms with van der Waals surface area (Å²) in [6.07, 6.45) is 0. The van der Waals surface area contributed by atoms with Crippen molar-refractivity contribution in [2.24, 2.45) is 0 Å². The average molecular weight is 241 g/mol. The lowest BCUT2D eigenvalue weighted by Crippen LogP contribution is -2.39. The van der Waals surface area contributed by atoms with Crippen LogP contribution in [-0.4, -0.2) is 22.9 Å². The summed E-state index contributed by atoms with van der Waals surface area (Å²) in [4.78, 5) is 0. The van der Waals surface area contributed by atoms with E-state index in [4.69, 9.17) is 0 Å². The van der Waals surface area contributed by atoms with Crippen LogP contribution in [0.4, 0.5) is 0 Å². The van der Waals surface area contributed by atoms with Crippen molar-refractivity contribution >= 4 is 29.8 Å². The number of hydrogen-bond donors (Lipinski definition) is 0. The average Bonchev–Trinajstić information content (AvgIpc) is 2.72. The van der Waals surface area contributed by atoms with Gasteiger partial charge in [0.1, 0.15) is 8.07 Å². The van der Waals surface area contributed by atoms with Gasteiger partial charge in [0.15, 0.2) is 0 Å². The van der Waals surface area contributed by atoms with Gasteiger partial charge in [0, 0.05) is 5.39 Å². The molecular weight excluding hydrogens is 226 g/mol. The maximum absolute atomic E-state index is 4.39. The molecule has 0 aliphatic rings. The van der Waals surface area contributed by atoms with Gasteiger partial charge in [0.05, 0.1) is 16.4 Å². The predicted molar refractivity (Wildman–Crippen MR) is 73.5 cm³/mol.